The minimum Gasteiger partial charge on any atom is -0.345 e. The number of hydrogen-bond donors (Lipinski definition) is 1. The van der Waals surface area contributed by atoms with E-state index in [0.29, 0.717) is 25.1 Å². The van der Waals surface area contributed by atoms with E-state index in [9.17, 15) is 9.59 Å². The second-order valence-corrected chi connectivity index (χ2v) is 6.87. The van der Waals surface area contributed by atoms with Gasteiger partial charge >= 0.3 is 0 Å². The fourth-order valence-electron chi connectivity index (χ4n) is 3.31. The Morgan fingerprint density at radius 3 is 2.79 bits per heavy atom. The van der Waals surface area contributed by atoms with Crippen LogP contribution in [0.5, 0.6) is 0 Å². The molecule has 0 bridgehead atoms. The zero-order chi connectivity index (χ0) is 16.5. The number of carbonyl (C=O) groups excluding carboxylic acids is 2. The Hall–Kier alpha value is -2.41. The van der Waals surface area contributed by atoms with Crippen LogP contribution in [0.4, 0.5) is 5.13 Å². The van der Waals surface area contributed by atoms with Crippen molar-refractivity contribution in [2.75, 3.05) is 31.1 Å². The maximum atomic E-state index is 12.6. The van der Waals surface area contributed by atoms with Crippen LogP contribution < -0.4 is 10.2 Å². The van der Waals surface area contributed by atoms with Gasteiger partial charge in [0, 0.05) is 43.3 Å². The first kappa shape index (κ1) is 15.1. The van der Waals surface area contributed by atoms with Crippen molar-refractivity contribution in [1.82, 2.24) is 15.2 Å². The average molecular weight is 342 g/mol. The van der Waals surface area contributed by atoms with Crippen LogP contribution in [-0.2, 0) is 4.79 Å². The number of hydrogen-bond acceptors (Lipinski definition) is 5. The summed E-state index contributed by atoms with van der Waals surface area (Å²) in [4.78, 5) is 33.0. The molecule has 1 aromatic heterocycles. The lowest BCUT2D eigenvalue weighted by Gasteiger charge is -2.35. The van der Waals surface area contributed by atoms with E-state index in [4.69, 9.17) is 0 Å². The lowest BCUT2D eigenvalue weighted by atomic mass is 10.0. The smallest absolute Gasteiger partial charge is 0.252 e. The maximum Gasteiger partial charge on any atom is 0.252 e. The molecule has 1 saturated heterocycles. The fourth-order valence-corrected chi connectivity index (χ4v) is 4.00. The van der Waals surface area contributed by atoms with E-state index in [2.05, 4.69) is 15.2 Å². The summed E-state index contributed by atoms with van der Waals surface area (Å²) in [7, 11) is 0. The molecule has 1 fully saturated rings. The number of piperazine rings is 1. The summed E-state index contributed by atoms with van der Waals surface area (Å²) in [6.45, 7) is 2.99. The summed E-state index contributed by atoms with van der Waals surface area (Å²) in [5.74, 6) is 0.00720. The van der Waals surface area contributed by atoms with Crippen molar-refractivity contribution in [2.24, 2.45) is 0 Å². The predicted molar refractivity (Wildman–Crippen MR) is 92.2 cm³/mol. The summed E-state index contributed by atoms with van der Waals surface area (Å²) in [5.41, 5.74) is 1.61. The Morgan fingerprint density at radius 2 is 2.04 bits per heavy atom. The molecule has 1 aromatic carbocycles. The molecular weight excluding hydrogens is 324 g/mol. The van der Waals surface area contributed by atoms with Crippen molar-refractivity contribution in [3.63, 3.8) is 0 Å². The maximum absolute atomic E-state index is 12.6. The van der Waals surface area contributed by atoms with Gasteiger partial charge in [-0.1, -0.05) is 18.2 Å². The third-order valence-electron chi connectivity index (χ3n) is 4.59. The van der Waals surface area contributed by atoms with Crippen LogP contribution in [0, 0.1) is 0 Å². The first-order chi connectivity index (χ1) is 11.7. The summed E-state index contributed by atoms with van der Waals surface area (Å²) >= 11 is 1.62. The monoisotopic (exact) mass is 342 g/mol. The Bertz CT molecular complexity index is 754. The molecule has 1 atom stereocenters. The molecule has 6 nitrogen and oxygen atoms in total. The highest BCUT2D eigenvalue weighted by Gasteiger charge is 2.31. The highest BCUT2D eigenvalue weighted by molar-refractivity contribution is 7.13. The van der Waals surface area contributed by atoms with Crippen molar-refractivity contribution >= 4 is 28.3 Å². The van der Waals surface area contributed by atoms with E-state index in [1.807, 2.05) is 34.5 Å². The number of carbonyl (C=O) groups is 2. The number of benzene rings is 1. The van der Waals surface area contributed by atoms with Gasteiger partial charge in [0.25, 0.3) is 5.91 Å². The third kappa shape index (κ3) is 2.75. The van der Waals surface area contributed by atoms with Crippen molar-refractivity contribution < 1.29 is 9.59 Å². The van der Waals surface area contributed by atoms with Crippen LogP contribution in [0.25, 0.3) is 0 Å². The molecule has 0 saturated carbocycles. The molecule has 4 rings (SSSR count). The molecule has 7 heteroatoms. The van der Waals surface area contributed by atoms with Gasteiger partial charge in [-0.2, -0.15) is 0 Å². The molecule has 124 valence electrons. The van der Waals surface area contributed by atoms with Gasteiger partial charge in [0.1, 0.15) is 0 Å². The average Bonchev–Trinajstić information content (AvgIpc) is 3.25. The number of anilines is 1. The first-order valence-electron chi connectivity index (χ1n) is 8.04. The summed E-state index contributed by atoms with van der Waals surface area (Å²) in [5, 5.41) is 5.89. The molecule has 2 amide bonds. The summed E-state index contributed by atoms with van der Waals surface area (Å²) < 4.78 is 0. The third-order valence-corrected chi connectivity index (χ3v) is 5.42. The number of amides is 2. The van der Waals surface area contributed by atoms with Crippen molar-refractivity contribution in [3.05, 3.63) is 47.0 Å². The fraction of sp³-hybridized carbons (Fsp3) is 0.353. The minimum absolute atomic E-state index is 0.0861. The van der Waals surface area contributed by atoms with Gasteiger partial charge in [0.15, 0.2) is 5.13 Å². The van der Waals surface area contributed by atoms with Crippen LogP contribution in [-0.4, -0.2) is 47.9 Å². The van der Waals surface area contributed by atoms with Gasteiger partial charge in [-0.25, -0.2) is 4.98 Å². The summed E-state index contributed by atoms with van der Waals surface area (Å²) in [6.07, 6.45) is 2.12. The standard InChI is InChI=1S/C17H18N4O2S/c22-15(11-14-12-3-1-2-4-13(12)16(23)19-14)20-6-8-21(9-7-20)17-18-5-10-24-17/h1-5,10,14H,6-9,11H2,(H,19,23). The van der Waals surface area contributed by atoms with E-state index < -0.39 is 0 Å². The van der Waals surface area contributed by atoms with Gasteiger partial charge in [0.05, 0.1) is 12.5 Å². The Kier molecular flexibility index (Phi) is 3.93. The van der Waals surface area contributed by atoms with E-state index in [-0.39, 0.29) is 17.9 Å². The Morgan fingerprint density at radius 1 is 1.25 bits per heavy atom. The number of nitrogens with zero attached hydrogens (tertiary/aromatic N) is 3. The van der Waals surface area contributed by atoms with Gasteiger partial charge < -0.3 is 15.1 Å². The minimum atomic E-state index is -0.210. The van der Waals surface area contributed by atoms with Crippen LogP contribution in [0.3, 0.4) is 0 Å². The number of aromatic nitrogens is 1. The van der Waals surface area contributed by atoms with E-state index in [1.54, 1.807) is 17.5 Å². The molecule has 2 aliphatic rings. The largest absolute Gasteiger partial charge is 0.345 e. The van der Waals surface area contributed by atoms with Crippen molar-refractivity contribution in [2.45, 2.75) is 12.5 Å². The lowest BCUT2D eigenvalue weighted by molar-refractivity contribution is -0.132. The molecule has 1 N–H and O–H groups in total. The second-order valence-electron chi connectivity index (χ2n) is 6.00. The van der Waals surface area contributed by atoms with E-state index in [0.717, 1.165) is 23.8 Å². The number of fused-ring (bicyclic) bond motifs is 1. The lowest BCUT2D eigenvalue weighted by Crippen LogP contribution is -2.49. The Labute approximate surface area is 144 Å². The highest BCUT2D eigenvalue weighted by atomic mass is 32.1. The van der Waals surface area contributed by atoms with Gasteiger partial charge in [-0.15, -0.1) is 11.3 Å². The highest BCUT2D eigenvalue weighted by Crippen LogP contribution is 2.28. The quantitative estimate of drug-likeness (QED) is 0.921. The number of thiazole rings is 1. The SMILES string of the molecule is O=C1NC(CC(=O)N2CCN(c3nccs3)CC2)c2ccccc21. The molecule has 0 spiro atoms. The Balaban J connectivity index is 1.37. The second kappa shape index (κ2) is 6.24. The first-order valence-corrected chi connectivity index (χ1v) is 8.92. The topological polar surface area (TPSA) is 65.5 Å². The molecule has 1 unspecified atom stereocenters. The molecule has 2 aliphatic heterocycles. The van der Waals surface area contributed by atoms with Crippen LogP contribution in [0.1, 0.15) is 28.4 Å². The zero-order valence-electron chi connectivity index (χ0n) is 13.1. The predicted octanol–water partition coefficient (Wildman–Crippen LogP) is 1.67. The molecular formula is C17H18N4O2S. The summed E-state index contributed by atoms with van der Waals surface area (Å²) in [6, 6.07) is 7.27. The van der Waals surface area contributed by atoms with E-state index >= 15 is 0 Å². The van der Waals surface area contributed by atoms with Gasteiger partial charge in [0.2, 0.25) is 5.91 Å². The number of rotatable bonds is 3. The van der Waals surface area contributed by atoms with Crippen molar-refractivity contribution in [1.29, 1.82) is 0 Å². The van der Waals surface area contributed by atoms with Crippen LogP contribution >= 0.6 is 11.3 Å². The van der Waals surface area contributed by atoms with Crippen molar-refractivity contribution in [3.8, 4) is 0 Å². The van der Waals surface area contributed by atoms with Gasteiger partial charge in [-0.05, 0) is 11.6 Å². The van der Waals surface area contributed by atoms with E-state index in [1.165, 1.54) is 0 Å². The molecule has 2 aromatic rings. The van der Waals surface area contributed by atoms with Crippen LogP contribution in [0.2, 0.25) is 0 Å². The van der Waals surface area contributed by atoms with Gasteiger partial charge in [-0.3, -0.25) is 9.59 Å². The molecule has 0 aliphatic carbocycles. The number of nitrogens with one attached hydrogen (secondary N) is 1. The molecule has 3 heterocycles. The zero-order valence-corrected chi connectivity index (χ0v) is 14.0. The normalized spacial score (nSPS) is 20.0. The van der Waals surface area contributed by atoms with Crippen LogP contribution in [0.15, 0.2) is 35.8 Å². The molecule has 0 radical (unpaired) electrons. The molecule has 24 heavy (non-hydrogen) atoms.